The molecular weight excluding hydrogens is 376 g/mol. The number of aromatic nitrogens is 2. The molecule has 1 saturated heterocycles. The highest BCUT2D eigenvalue weighted by molar-refractivity contribution is 6.30. The number of nitrogens with one attached hydrogen (secondary N) is 2. The summed E-state index contributed by atoms with van der Waals surface area (Å²) in [6.45, 7) is 6.60. The molecule has 2 fully saturated rings. The Bertz CT molecular complexity index is 834. The van der Waals surface area contributed by atoms with E-state index in [1.807, 2.05) is 24.3 Å². The molecule has 1 aromatic carbocycles. The van der Waals surface area contributed by atoms with Gasteiger partial charge in [-0.1, -0.05) is 28.9 Å². The molecule has 0 bridgehead atoms. The van der Waals surface area contributed by atoms with Crippen LogP contribution in [0, 0.1) is 0 Å². The Morgan fingerprint density at radius 1 is 1.39 bits per heavy atom. The van der Waals surface area contributed by atoms with E-state index in [4.69, 9.17) is 16.1 Å². The second-order valence-corrected chi connectivity index (χ2v) is 8.01. The molecular formula is C20H27ClN6O. The molecule has 1 aliphatic heterocycles. The van der Waals surface area contributed by atoms with Gasteiger partial charge in [0.1, 0.15) is 6.54 Å². The Kier molecular flexibility index (Phi) is 5.82. The molecule has 1 saturated carbocycles. The molecule has 2 unspecified atom stereocenters. The molecule has 1 aliphatic carbocycles. The lowest BCUT2D eigenvalue weighted by atomic mass is 10.2. The van der Waals surface area contributed by atoms with E-state index in [1.165, 1.54) is 12.8 Å². The second kappa shape index (κ2) is 8.49. The van der Waals surface area contributed by atoms with Gasteiger partial charge in [0.15, 0.2) is 5.96 Å². The Morgan fingerprint density at radius 2 is 2.25 bits per heavy atom. The molecule has 2 aromatic rings. The van der Waals surface area contributed by atoms with Crippen LogP contribution in [0.25, 0.3) is 11.4 Å². The van der Waals surface area contributed by atoms with Gasteiger partial charge in [-0.25, -0.2) is 4.99 Å². The molecule has 2 N–H and O–H groups in total. The van der Waals surface area contributed by atoms with Gasteiger partial charge in [0, 0.05) is 41.8 Å². The van der Waals surface area contributed by atoms with Crippen LogP contribution in [0.4, 0.5) is 0 Å². The highest BCUT2D eigenvalue weighted by Crippen LogP contribution is 2.33. The fraction of sp³-hybridized carbons (Fsp3) is 0.550. The zero-order chi connectivity index (χ0) is 19.5. The molecule has 8 heteroatoms. The third kappa shape index (κ3) is 4.64. The van der Waals surface area contributed by atoms with Gasteiger partial charge in [-0.3, -0.25) is 4.90 Å². The predicted octanol–water partition coefficient (Wildman–Crippen LogP) is 3.07. The summed E-state index contributed by atoms with van der Waals surface area (Å²) in [7, 11) is 0. The van der Waals surface area contributed by atoms with Gasteiger partial charge in [0.05, 0.1) is 0 Å². The average molecular weight is 403 g/mol. The van der Waals surface area contributed by atoms with E-state index in [-0.39, 0.29) is 0 Å². The fourth-order valence-corrected chi connectivity index (χ4v) is 3.99. The standard InChI is InChI=1S/C20H27ClN6O/c1-3-22-20(24-16-9-13(2)27(12-16)17-7-8-17)23-11-18-25-19(26-28-18)14-5-4-6-15(21)10-14/h4-6,10,13,16-17H,3,7-9,11-12H2,1-2H3,(H2,22,23,24). The Labute approximate surface area is 170 Å². The number of aliphatic imine (C=N–C) groups is 1. The van der Waals surface area contributed by atoms with Crippen LogP contribution in [-0.2, 0) is 6.54 Å². The van der Waals surface area contributed by atoms with Gasteiger partial charge in [0.25, 0.3) is 0 Å². The van der Waals surface area contributed by atoms with Crippen molar-refractivity contribution in [3.63, 3.8) is 0 Å². The average Bonchev–Trinajstić information content (AvgIpc) is 3.29. The third-order valence-corrected chi connectivity index (χ3v) is 5.48. The van der Waals surface area contributed by atoms with Crippen LogP contribution in [-0.4, -0.2) is 52.2 Å². The summed E-state index contributed by atoms with van der Waals surface area (Å²) in [5.41, 5.74) is 0.830. The molecule has 4 rings (SSSR count). The summed E-state index contributed by atoms with van der Waals surface area (Å²) in [6.07, 6.45) is 3.83. The van der Waals surface area contributed by atoms with Gasteiger partial charge >= 0.3 is 0 Å². The SMILES string of the molecule is CCNC(=NCc1nc(-c2cccc(Cl)c2)no1)NC1CC(C)N(C2CC2)C1. The van der Waals surface area contributed by atoms with Crippen molar-refractivity contribution in [3.05, 3.63) is 35.2 Å². The summed E-state index contributed by atoms with van der Waals surface area (Å²) in [5, 5.41) is 11.6. The fourth-order valence-electron chi connectivity index (χ4n) is 3.80. The van der Waals surface area contributed by atoms with E-state index in [0.29, 0.717) is 35.4 Å². The van der Waals surface area contributed by atoms with Crippen molar-refractivity contribution in [2.24, 2.45) is 4.99 Å². The van der Waals surface area contributed by atoms with E-state index in [0.717, 1.165) is 37.1 Å². The quantitative estimate of drug-likeness (QED) is 0.571. The van der Waals surface area contributed by atoms with Gasteiger partial charge in [-0.15, -0.1) is 0 Å². The molecule has 2 heterocycles. The highest BCUT2D eigenvalue weighted by Gasteiger charge is 2.38. The van der Waals surface area contributed by atoms with Crippen molar-refractivity contribution < 1.29 is 4.52 Å². The maximum absolute atomic E-state index is 6.04. The van der Waals surface area contributed by atoms with E-state index in [2.05, 4.69) is 44.5 Å². The Morgan fingerprint density at radius 3 is 3.00 bits per heavy atom. The minimum absolute atomic E-state index is 0.331. The topological polar surface area (TPSA) is 78.6 Å². The summed E-state index contributed by atoms with van der Waals surface area (Å²) in [4.78, 5) is 11.7. The van der Waals surface area contributed by atoms with E-state index in [1.54, 1.807) is 0 Å². The zero-order valence-corrected chi connectivity index (χ0v) is 17.1. The van der Waals surface area contributed by atoms with Crippen molar-refractivity contribution in [2.45, 2.75) is 57.8 Å². The van der Waals surface area contributed by atoms with Crippen LogP contribution in [0.3, 0.4) is 0 Å². The van der Waals surface area contributed by atoms with Crippen molar-refractivity contribution in [1.82, 2.24) is 25.7 Å². The normalized spacial score (nSPS) is 23.2. The Balaban J connectivity index is 1.38. The lowest BCUT2D eigenvalue weighted by Gasteiger charge is -2.20. The minimum Gasteiger partial charge on any atom is -0.357 e. The number of guanidine groups is 1. The number of nitrogens with zero attached hydrogens (tertiary/aromatic N) is 4. The molecule has 2 aliphatic rings. The van der Waals surface area contributed by atoms with Crippen molar-refractivity contribution in [2.75, 3.05) is 13.1 Å². The molecule has 7 nitrogen and oxygen atoms in total. The van der Waals surface area contributed by atoms with Gasteiger partial charge in [-0.05, 0) is 45.2 Å². The monoisotopic (exact) mass is 402 g/mol. The van der Waals surface area contributed by atoms with Crippen molar-refractivity contribution >= 4 is 17.6 Å². The third-order valence-electron chi connectivity index (χ3n) is 5.25. The molecule has 150 valence electrons. The molecule has 0 amide bonds. The smallest absolute Gasteiger partial charge is 0.248 e. The predicted molar refractivity (Wildman–Crippen MR) is 110 cm³/mol. The van der Waals surface area contributed by atoms with Crippen molar-refractivity contribution in [3.8, 4) is 11.4 Å². The summed E-state index contributed by atoms with van der Waals surface area (Å²) in [5.74, 6) is 1.79. The molecule has 2 atom stereocenters. The molecule has 0 spiro atoms. The first-order valence-electron chi connectivity index (χ1n) is 10.0. The number of hydrogen-bond acceptors (Lipinski definition) is 5. The number of hydrogen-bond donors (Lipinski definition) is 2. The van der Waals surface area contributed by atoms with Gasteiger partial charge < -0.3 is 15.2 Å². The largest absolute Gasteiger partial charge is 0.357 e. The number of halogens is 1. The maximum Gasteiger partial charge on any atom is 0.248 e. The molecule has 28 heavy (non-hydrogen) atoms. The number of benzene rings is 1. The van der Waals surface area contributed by atoms with E-state index < -0.39 is 0 Å². The van der Waals surface area contributed by atoms with E-state index in [9.17, 15) is 0 Å². The van der Waals surface area contributed by atoms with Gasteiger partial charge in [0.2, 0.25) is 11.7 Å². The lowest BCUT2D eigenvalue weighted by Crippen LogP contribution is -2.44. The van der Waals surface area contributed by atoms with Crippen LogP contribution in [0.15, 0.2) is 33.8 Å². The summed E-state index contributed by atoms with van der Waals surface area (Å²) in [6, 6.07) is 9.25. The van der Waals surface area contributed by atoms with E-state index >= 15 is 0 Å². The Hall–Kier alpha value is -2.12. The minimum atomic E-state index is 0.331. The maximum atomic E-state index is 6.04. The first kappa shape index (κ1) is 19.2. The molecule has 1 aromatic heterocycles. The van der Waals surface area contributed by atoms with Crippen LogP contribution < -0.4 is 10.6 Å². The highest BCUT2D eigenvalue weighted by atomic mass is 35.5. The first-order chi connectivity index (χ1) is 13.6. The van der Waals surface area contributed by atoms with Crippen molar-refractivity contribution in [1.29, 1.82) is 0 Å². The van der Waals surface area contributed by atoms with Crippen LogP contribution in [0.5, 0.6) is 0 Å². The first-order valence-corrected chi connectivity index (χ1v) is 10.4. The number of rotatable bonds is 6. The summed E-state index contributed by atoms with van der Waals surface area (Å²) < 4.78 is 5.36. The van der Waals surface area contributed by atoms with Gasteiger partial charge in [-0.2, -0.15) is 4.98 Å². The van der Waals surface area contributed by atoms with Crippen LogP contribution >= 0.6 is 11.6 Å². The second-order valence-electron chi connectivity index (χ2n) is 7.57. The summed E-state index contributed by atoms with van der Waals surface area (Å²) >= 11 is 6.04. The number of likely N-dealkylation sites (tertiary alicyclic amines) is 1. The molecule has 0 radical (unpaired) electrons. The lowest BCUT2D eigenvalue weighted by molar-refractivity contribution is 0.256. The van der Waals surface area contributed by atoms with Crippen LogP contribution in [0.2, 0.25) is 5.02 Å². The zero-order valence-electron chi connectivity index (χ0n) is 16.4. The van der Waals surface area contributed by atoms with Crippen LogP contribution in [0.1, 0.15) is 39.0 Å².